The van der Waals surface area contributed by atoms with Crippen LogP contribution in [0.1, 0.15) is 0 Å². The monoisotopic (exact) mass is 75.1 g/mol. The predicted molar refractivity (Wildman–Crippen MR) is 18.6 cm³/mol. The predicted octanol–water partition coefficient (Wildman–Crippen LogP) is -2.59. The number of nitrogens with one attached hydrogen (secondary N) is 1. The first-order chi connectivity index (χ1) is 2.50. The first kappa shape index (κ1) is 5.81. The van der Waals surface area contributed by atoms with Crippen LogP contribution in [-0.2, 0) is 0 Å². The van der Waals surface area contributed by atoms with E-state index in [1.807, 2.05) is 6.07 Å². The Labute approximate surface area is 48.1 Å². The second-order valence-corrected chi connectivity index (χ2v) is 0.766. The fourth-order valence-electron chi connectivity index (χ4n) is 0.215. The topological polar surface area (TPSA) is 28.7 Å². The molecule has 0 atom stereocenters. The van der Waals surface area contributed by atoms with Crippen molar-refractivity contribution in [2.75, 3.05) is 0 Å². The maximum Gasteiger partial charge on any atom is 1.00 e. The zero-order valence-corrected chi connectivity index (χ0v) is 3.68. The number of hydrogen-bond donors (Lipinski definition) is 1. The van der Waals surface area contributed by atoms with Gasteiger partial charge in [-0.15, -0.1) is 0 Å². The maximum atomic E-state index is 3.60. The number of H-pyrrole nitrogens is 1. The zero-order valence-electron chi connectivity index (χ0n) is 3.68. The van der Waals surface area contributed by atoms with Crippen molar-refractivity contribution in [3.8, 4) is 0 Å². The minimum atomic E-state index is 0. The van der Waals surface area contributed by atoms with E-state index in [0.717, 1.165) is 0 Å². The van der Waals surface area contributed by atoms with Gasteiger partial charge in [-0.1, -0.05) is 0 Å². The molecule has 0 saturated heterocycles. The van der Waals surface area contributed by atoms with Crippen LogP contribution in [0.25, 0.3) is 0 Å². The quantitative estimate of drug-likeness (QED) is 0.337. The second kappa shape index (κ2) is 3.02. The van der Waals surface area contributed by atoms with Gasteiger partial charge < -0.3 is 0 Å². The summed E-state index contributed by atoms with van der Waals surface area (Å²) in [5, 5.41) is 6.21. The average Bonchev–Trinajstić information content (AvgIpc) is 1.76. The fourth-order valence-corrected chi connectivity index (χ4v) is 0.215. The van der Waals surface area contributed by atoms with E-state index in [0.29, 0.717) is 0 Å². The van der Waals surface area contributed by atoms with Crippen molar-refractivity contribution >= 4 is 0 Å². The molecule has 6 heavy (non-hydrogen) atoms. The number of rotatable bonds is 0. The Morgan fingerprint density at radius 2 is 2.33 bits per heavy atom. The Hall–Kier alpha value is -0.193. The third-order valence-electron chi connectivity index (χ3n) is 0.406. The van der Waals surface area contributed by atoms with Gasteiger partial charge >= 0.3 is 18.9 Å². The summed E-state index contributed by atoms with van der Waals surface area (Å²) in [5.41, 5.74) is 0. The molecule has 0 bridgehead atoms. The summed E-state index contributed by atoms with van der Waals surface area (Å²) in [7, 11) is 0. The van der Waals surface area contributed by atoms with Gasteiger partial charge in [-0.3, -0.25) is 5.10 Å². The molecule has 1 aromatic rings. The molecule has 0 aromatic carbocycles. The van der Waals surface area contributed by atoms with Crippen LogP contribution < -0.4 is 18.9 Å². The number of aromatic amines is 1. The molecular weight excluding hydrogens is 71.0 g/mol. The summed E-state index contributed by atoms with van der Waals surface area (Å²) in [6.07, 6.45) is 3.46. The third kappa shape index (κ3) is 1.30. The molecule has 0 spiro atoms. The minimum Gasteiger partial charge on any atom is -0.286 e. The first-order valence-electron chi connectivity index (χ1n) is 1.44. The summed E-state index contributed by atoms with van der Waals surface area (Å²) < 4.78 is 0. The van der Waals surface area contributed by atoms with E-state index in [1.165, 1.54) is 0 Å². The molecule has 0 amide bonds. The molecule has 26 valence electrons. The van der Waals surface area contributed by atoms with Crippen LogP contribution in [0.5, 0.6) is 0 Å². The molecule has 0 radical (unpaired) electrons. The van der Waals surface area contributed by atoms with E-state index in [1.54, 1.807) is 12.4 Å². The molecule has 0 aliphatic heterocycles. The van der Waals surface area contributed by atoms with Crippen molar-refractivity contribution in [1.82, 2.24) is 10.2 Å². The molecular formula is C3H4LiN2+. The summed E-state index contributed by atoms with van der Waals surface area (Å²) in [5.74, 6) is 0. The molecule has 1 N–H and O–H groups in total. The Morgan fingerprint density at radius 1 is 1.50 bits per heavy atom. The van der Waals surface area contributed by atoms with Crippen LogP contribution in [-0.4, -0.2) is 10.2 Å². The standard InChI is InChI=1S/C3H4N2.Li/c1-2-4-5-3-1;/h1-3H,(H,4,5);/q;+1. The third-order valence-corrected chi connectivity index (χ3v) is 0.406. The van der Waals surface area contributed by atoms with Crippen molar-refractivity contribution < 1.29 is 18.9 Å². The van der Waals surface area contributed by atoms with E-state index in [9.17, 15) is 0 Å². The van der Waals surface area contributed by atoms with Crippen LogP contribution in [0.2, 0.25) is 0 Å². The Morgan fingerprint density at radius 3 is 2.50 bits per heavy atom. The normalized spacial score (nSPS) is 6.67. The smallest absolute Gasteiger partial charge is 0.286 e. The van der Waals surface area contributed by atoms with Crippen LogP contribution in [0.3, 0.4) is 0 Å². The molecule has 2 nitrogen and oxygen atoms in total. The summed E-state index contributed by atoms with van der Waals surface area (Å²) >= 11 is 0. The second-order valence-electron chi connectivity index (χ2n) is 0.766. The van der Waals surface area contributed by atoms with E-state index < -0.39 is 0 Å². The Balaban J connectivity index is 0.000000250. The number of aromatic nitrogens is 2. The molecule has 0 fully saturated rings. The molecule has 0 aliphatic rings. The van der Waals surface area contributed by atoms with Gasteiger partial charge in [0.15, 0.2) is 0 Å². The molecule has 1 aromatic heterocycles. The SMILES string of the molecule is [Li+].c1cn[nH]c1. The zero-order chi connectivity index (χ0) is 3.54. The van der Waals surface area contributed by atoms with E-state index in [-0.39, 0.29) is 18.9 Å². The van der Waals surface area contributed by atoms with Crippen molar-refractivity contribution in [3.63, 3.8) is 0 Å². The van der Waals surface area contributed by atoms with E-state index in [2.05, 4.69) is 10.2 Å². The minimum absolute atomic E-state index is 0. The first-order valence-corrected chi connectivity index (χ1v) is 1.44. The summed E-state index contributed by atoms with van der Waals surface area (Å²) in [6.45, 7) is 0. The van der Waals surface area contributed by atoms with Crippen LogP contribution >= 0.6 is 0 Å². The fraction of sp³-hybridized carbons (Fsp3) is 0. The van der Waals surface area contributed by atoms with Gasteiger partial charge in [-0.25, -0.2) is 0 Å². The van der Waals surface area contributed by atoms with Crippen LogP contribution in [0.15, 0.2) is 18.5 Å². The van der Waals surface area contributed by atoms with Crippen LogP contribution in [0, 0.1) is 0 Å². The van der Waals surface area contributed by atoms with E-state index >= 15 is 0 Å². The number of hydrogen-bond acceptors (Lipinski definition) is 1. The van der Waals surface area contributed by atoms with Crippen molar-refractivity contribution in [3.05, 3.63) is 18.5 Å². The largest absolute Gasteiger partial charge is 1.00 e. The van der Waals surface area contributed by atoms with Gasteiger partial charge in [0.1, 0.15) is 0 Å². The van der Waals surface area contributed by atoms with Gasteiger partial charge in [-0.2, -0.15) is 5.10 Å². The van der Waals surface area contributed by atoms with Gasteiger partial charge in [0.2, 0.25) is 0 Å². The molecule has 0 unspecified atom stereocenters. The Kier molecular flexibility index (Phi) is 2.92. The van der Waals surface area contributed by atoms with Gasteiger partial charge in [0.05, 0.1) is 0 Å². The van der Waals surface area contributed by atoms with Crippen molar-refractivity contribution in [2.45, 2.75) is 0 Å². The van der Waals surface area contributed by atoms with Gasteiger partial charge in [-0.05, 0) is 6.07 Å². The van der Waals surface area contributed by atoms with Crippen molar-refractivity contribution in [1.29, 1.82) is 0 Å². The molecule has 3 heteroatoms. The average molecular weight is 75.0 g/mol. The van der Waals surface area contributed by atoms with E-state index in [4.69, 9.17) is 0 Å². The molecule has 1 rings (SSSR count). The molecule has 0 saturated carbocycles. The molecule has 0 aliphatic carbocycles. The summed E-state index contributed by atoms with van der Waals surface area (Å²) in [6, 6.07) is 1.83. The Bertz CT molecular complexity index is 65.3. The summed E-state index contributed by atoms with van der Waals surface area (Å²) in [4.78, 5) is 0. The van der Waals surface area contributed by atoms with Crippen LogP contribution in [0.4, 0.5) is 0 Å². The molecule has 1 heterocycles. The van der Waals surface area contributed by atoms with Gasteiger partial charge in [0, 0.05) is 12.4 Å². The number of nitrogens with zero attached hydrogens (tertiary/aromatic N) is 1. The van der Waals surface area contributed by atoms with Gasteiger partial charge in [0.25, 0.3) is 0 Å². The van der Waals surface area contributed by atoms with Crippen molar-refractivity contribution in [2.24, 2.45) is 0 Å². The maximum absolute atomic E-state index is 3.60.